The van der Waals surface area contributed by atoms with Gasteiger partial charge in [-0.15, -0.1) is 0 Å². The predicted octanol–water partition coefficient (Wildman–Crippen LogP) is 6.43. The average molecular weight is 533 g/mol. The number of nitrogens with one attached hydrogen (secondary N) is 1. The number of carbonyl (C=O) groups is 1. The molecule has 2 unspecified atom stereocenters. The number of aliphatic hydroxyl groups is 1. The van der Waals surface area contributed by atoms with Crippen molar-refractivity contribution in [3.8, 4) is 27.9 Å². The van der Waals surface area contributed by atoms with Crippen LogP contribution in [0.5, 0.6) is 0 Å². The Hall–Kier alpha value is -4.26. The molecule has 1 aliphatic carbocycles. The molecule has 1 aliphatic heterocycles. The molecular formula is C32H25ClN4O2. The lowest BCUT2D eigenvalue weighted by Gasteiger charge is -2.13. The highest BCUT2D eigenvalue weighted by Crippen LogP contribution is 2.65. The number of aryl methyl sites for hydroxylation is 1. The van der Waals surface area contributed by atoms with E-state index in [9.17, 15) is 9.90 Å². The number of carbonyl (C=O) groups excluding carboxylic acids is 1. The summed E-state index contributed by atoms with van der Waals surface area (Å²) in [5, 5.41) is 17.6. The summed E-state index contributed by atoms with van der Waals surface area (Å²) >= 11 is 6.74. The Morgan fingerprint density at radius 2 is 1.72 bits per heavy atom. The highest BCUT2D eigenvalue weighted by atomic mass is 35.5. The Morgan fingerprint density at radius 3 is 2.41 bits per heavy atom. The van der Waals surface area contributed by atoms with Crippen molar-refractivity contribution >= 4 is 23.2 Å². The average Bonchev–Trinajstić information content (AvgIpc) is 3.34. The fraction of sp³-hybridized carbons (Fsp3) is 0.156. The number of amides is 1. The monoisotopic (exact) mass is 532 g/mol. The van der Waals surface area contributed by atoms with Gasteiger partial charge in [-0.05, 0) is 76.6 Å². The zero-order valence-electron chi connectivity index (χ0n) is 21.2. The summed E-state index contributed by atoms with van der Waals surface area (Å²) in [5.74, 6) is 0.0908. The molecule has 1 spiro atoms. The summed E-state index contributed by atoms with van der Waals surface area (Å²) in [6.45, 7) is 1.98. The minimum absolute atomic E-state index is 0.0100. The molecule has 2 heterocycles. The van der Waals surface area contributed by atoms with E-state index in [1.54, 1.807) is 11.0 Å². The van der Waals surface area contributed by atoms with Crippen LogP contribution in [0, 0.1) is 6.92 Å². The van der Waals surface area contributed by atoms with Gasteiger partial charge in [0.1, 0.15) is 12.7 Å². The fourth-order valence-corrected chi connectivity index (χ4v) is 6.18. The second-order valence-electron chi connectivity index (χ2n) is 10.4. The number of benzene rings is 4. The zero-order valence-corrected chi connectivity index (χ0v) is 22.0. The number of aliphatic hydroxyl groups excluding tert-OH is 1. The topological polar surface area (TPSA) is 80.0 Å². The Labute approximate surface area is 230 Å². The molecule has 2 atom stereocenters. The number of aromatic nitrogens is 3. The van der Waals surface area contributed by atoms with Crippen molar-refractivity contribution in [2.75, 3.05) is 5.32 Å². The van der Waals surface area contributed by atoms with Crippen LogP contribution in [0.2, 0.25) is 5.02 Å². The Morgan fingerprint density at radius 1 is 1.00 bits per heavy atom. The van der Waals surface area contributed by atoms with E-state index in [0.29, 0.717) is 5.02 Å². The summed E-state index contributed by atoms with van der Waals surface area (Å²) in [5.41, 5.74) is 9.27. The van der Waals surface area contributed by atoms with Gasteiger partial charge in [-0.25, -0.2) is 9.67 Å². The fourth-order valence-electron chi connectivity index (χ4n) is 5.91. The molecule has 1 fully saturated rings. The van der Waals surface area contributed by atoms with Gasteiger partial charge in [0, 0.05) is 17.2 Å². The van der Waals surface area contributed by atoms with Gasteiger partial charge in [0.25, 0.3) is 0 Å². The first-order valence-electron chi connectivity index (χ1n) is 12.9. The first kappa shape index (κ1) is 23.8. The number of nitrogens with zero attached hydrogens (tertiary/aromatic N) is 3. The van der Waals surface area contributed by atoms with Crippen molar-refractivity contribution in [2.24, 2.45) is 0 Å². The summed E-state index contributed by atoms with van der Waals surface area (Å²) in [6.07, 6.45) is 3.93. The standard InChI is InChI=1S/C32H25ClN4O2/c1-19-2-3-23(12-24(19)16-38)28-15-32(28)27-13-26(29(33)14-30(27)36-31(32)39)22-6-4-20(5-7-22)21-8-10-25(11-9-21)37-18-34-17-35-37/h2-14,17-18,28,38H,15-16H2,1H3,(H,36,39). The number of anilines is 1. The smallest absolute Gasteiger partial charge is 0.235 e. The van der Waals surface area contributed by atoms with Crippen molar-refractivity contribution in [2.45, 2.75) is 31.3 Å². The molecule has 2 N–H and O–H groups in total. The van der Waals surface area contributed by atoms with E-state index in [-0.39, 0.29) is 18.4 Å². The molecule has 7 rings (SSSR count). The van der Waals surface area contributed by atoms with Crippen molar-refractivity contribution in [3.05, 3.63) is 119 Å². The van der Waals surface area contributed by atoms with Crippen molar-refractivity contribution < 1.29 is 9.90 Å². The summed E-state index contributed by atoms with van der Waals surface area (Å²) in [4.78, 5) is 17.3. The van der Waals surface area contributed by atoms with E-state index in [0.717, 1.165) is 62.3 Å². The summed E-state index contributed by atoms with van der Waals surface area (Å²) in [7, 11) is 0. The van der Waals surface area contributed by atoms with Crippen LogP contribution in [0.15, 0.2) is 91.5 Å². The lowest BCUT2D eigenvalue weighted by Crippen LogP contribution is -2.21. The van der Waals surface area contributed by atoms with Gasteiger partial charge in [0.15, 0.2) is 0 Å². The lowest BCUT2D eigenvalue weighted by atomic mass is 9.89. The van der Waals surface area contributed by atoms with Crippen LogP contribution >= 0.6 is 11.6 Å². The van der Waals surface area contributed by atoms with Crippen LogP contribution < -0.4 is 5.32 Å². The van der Waals surface area contributed by atoms with E-state index < -0.39 is 5.41 Å². The van der Waals surface area contributed by atoms with Gasteiger partial charge in [0.2, 0.25) is 5.91 Å². The Balaban J connectivity index is 1.20. The number of fused-ring (bicyclic) bond motifs is 2. The molecule has 6 nitrogen and oxygen atoms in total. The quantitative estimate of drug-likeness (QED) is 0.273. The maximum Gasteiger partial charge on any atom is 0.235 e. The van der Waals surface area contributed by atoms with E-state index in [4.69, 9.17) is 11.6 Å². The molecule has 192 valence electrons. The minimum atomic E-state index is -0.595. The molecule has 4 aromatic carbocycles. The molecule has 0 saturated heterocycles. The number of rotatable bonds is 5. The number of hydrogen-bond acceptors (Lipinski definition) is 4. The maximum atomic E-state index is 13.3. The minimum Gasteiger partial charge on any atom is -0.392 e. The zero-order chi connectivity index (χ0) is 26.7. The van der Waals surface area contributed by atoms with Crippen molar-refractivity contribution in [3.63, 3.8) is 0 Å². The normalized spacial score (nSPS) is 19.3. The molecule has 1 aromatic heterocycles. The van der Waals surface area contributed by atoms with E-state index in [2.05, 4.69) is 63.9 Å². The third-order valence-electron chi connectivity index (χ3n) is 8.23. The lowest BCUT2D eigenvalue weighted by molar-refractivity contribution is -0.118. The molecule has 5 aromatic rings. The maximum absolute atomic E-state index is 13.3. The molecule has 1 amide bonds. The van der Waals surface area contributed by atoms with Crippen LogP contribution in [-0.2, 0) is 16.8 Å². The van der Waals surface area contributed by atoms with Gasteiger partial charge >= 0.3 is 0 Å². The second kappa shape index (κ2) is 8.90. The van der Waals surface area contributed by atoms with Crippen LogP contribution in [0.1, 0.15) is 34.6 Å². The third kappa shape index (κ3) is 3.79. The van der Waals surface area contributed by atoms with Crippen molar-refractivity contribution in [1.29, 1.82) is 0 Å². The summed E-state index contributed by atoms with van der Waals surface area (Å²) in [6, 6.07) is 26.6. The predicted molar refractivity (Wildman–Crippen MR) is 152 cm³/mol. The number of halogens is 1. The Bertz CT molecular complexity index is 1730. The van der Waals surface area contributed by atoms with Gasteiger partial charge in [-0.3, -0.25) is 4.79 Å². The molecular weight excluding hydrogens is 508 g/mol. The van der Waals surface area contributed by atoms with Crippen LogP contribution in [0.4, 0.5) is 5.69 Å². The van der Waals surface area contributed by atoms with Gasteiger partial charge in [-0.1, -0.05) is 66.2 Å². The molecule has 1 saturated carbocycles. The molecule has 0 bridgehead atoms. The first-order chi connectivity index (χ1) is 19.0. The summed E-state index contributed by atoms with van der Waals surface area (Å²) < 4.78 is 1.73. The SMILES string of the molecule is Cc1ccc(C2CC23C(=O)Nc2cc(Cl)c(-c4ccc(-c5ccc(-n6cncn6)cc5)cc4)cc23)cc1CO. The van der Waals surface area contributed by atoms with Crippen LogP contribution in [0.25, 0.3) is 27.9 Å². The second-order valence-corrected chi connectivity index (χ2v) is 10.8. The van der Waals surface area contributed by atoms with Crippen LogP contribution in [0.3, 0.4) is 0 Å². The first-order valence-corrected chi connectivity index (χ1v) is 13.3. The highest BCUT2D eigenvalue weighted by molar-refractivity contribution is 6.34. The van der Waals surface area contributed by atoms with Crippen molar-refractivity contribution in [1.82, 2.24) is 14.8 Å². The Kier molecular flexibility index (Phi) is 5.44. The molecule has 0 radical (unpaired) electrons. The number of hydrogen-bond donors (Lipinski definition) is 2. The van der Waals surface area contributed by atoms with E-state index in [1.807, 2.05) is 37.3 Å². The largest absolute Gasteiger partial charge is 0.392 e. The molecule has 7 heteroatoms. The van der Waals surface area contributed by atoms with E-state index in [1.165, 1.54) is 6.33 Å². The highest BCUT2D eigenvalue weighted by Gasteiger charge is 2.65. The molecule has 2 aliphatic rings. The van der Waals surface area contributed by atoms with Gasteiger partial charge in [0.05, 0.1) is 22.7 Å². The third-order valence-corrected chi connectivity index (χ3v) is 8.54. The van der Waals surface area contributed by atoms with Gasteiger partial charge < -0.3 is 10.4 Å². The van der Waals surface area contributed by atoms with E-state index >= 15 is 0 Å². The van der Waals surface area contributed by atoms with Gasteiger partial charge in [-0.2, -0.15) is 5.10 Å². The van der Waals surface area contributed by atoms with Crippen LogP contribution in [-0.4, -0.2) is 25.8 Å². The molecule has 39 heavy (non-hydrogen) atoms.